The number of carbonyl (C=O) groups excluding carboxylic acids is 1. The molecule has 120 valence electrons. The molecule has 6 heteroatoms. The summed E-state index contributed by atoms with van der Waals surface area (Å²) in [5.41, 5.74) is 2.26. The van der Waals surface area contributed by atoms with Crippen molar-refractivity contribution in [1.29, 1.82) is 0 Å². The number of pyridine rings is 2. The first-order valence-corrected chi connectivity index (χ1v) is 7.67. The number of aromatic nitrogens is 2. The molecule has 0 unspecified atom stereocenters. The number of likely N-dealkylation sites (N-methyl/N-ethyl adjacent to an activating group) is 1. The van der Waals surface area contributed by atoms with E-state index in [1.165, 1.54) is 0 Å². The van der Waals surface area contributed by atoms with Gasteiger partial charge in [-0.2, -0.15) is 4.98 Å². The molecule has 0 N–H and O–H groups in total. The SMILES string of the molecule is CCc1cccnc1C(=O)N1CCN(C)c2nc(OC)ccc21. The molecule has 0 spiro atoms. The summed E-state index contributed by atoms with van der Waals surface area (Å²) >= 11 is 0. The molecule has 0 saturated carbocycles. The summed E-state index contributed by atoms with van der Waals surface area (Å²) in [5.74, 6) is 1.21. The van der Waals surface area contributed by atoms with E-state index in [0.717, 1.165) is 23.5 Å². The fraction of sp³-hybridized carbons (Fsp3) is 0.353. The molecule has 3 heterocycles. The normalized spacial score (nSPS) is 13.7. The highest BCUT2D eigenvalue weighted by atomic mass is 16.5. The second kappa shape index (κ2) is 6.24. The number of fused-ring (bicyclic) bond motifs is 1. The van der Waals surface area contributed by atoms with Crippen LogP contribution in [0, 0.1) is 0 Å². The third-order valence-corrected chi connectivity index (χ3v) is 4.07. The molecule has 0 atom stereocenters. The van der Waals surface area contributed by atoms with Gasteiger partial charge < -0.3 is 14.5 Å². The Morgan fingerprint density at radius 3 is 2.87 bits per heavy atom. The number of hydrogen-bond acceptors (Lipinski definition) is 5. The van der Waals surface area contributed by atoms with Gasteiger partial charge >= 0.3 is 0 Å². The van der Waals surface area contributed by atoms with Crippen LogP contribution in [-0.2, 0) is 6.42 Å². The summed E-state index contributed by atoms with van der Waals surface area (Å²) in [7, 11) is 3.55. The third-order valence-electron chi connectivity index (χ3n) is 4.07. The standard InChI is InChI=1S/C17H20N4O2/c1-4-12-6-5-9-18-15(12)17(22)21-11-10-20(2)16-13(21)7-8-14(19-16)23-3/h5-9H,4,10-11H2,1-3H3. The Kier molecular flexibility index (Phi) is 4.14. The first-order valence-electron chi connectivity index (χ1n) is 7.67. The van der Waals surface area contributed by atoms with Crippen molar-refractivity contribution in [2.45, 2.75) is 13.3 Å². The van der Waals surface area contributed by atoms with Crippen molar-refractivity contribution in [2.24, 2.45) is 0 Å². The lowest BCUT2D eigenvalue weighted by atomic mass is 10.1. The van der Waals surface area contributed by atoms with Gasteiger partial charge in [0.2, 0.25) is 5.88 Å². The molecule has 2 aromatic heterocycles. The fourth-order valence-corrected chi connectivity index (χ4v) is 2.76. The van der Waals surface area contributed by atoms with Crippen molar-refractivity contribution in [2.75, 3.05) is 37.0 Å². The van der Waals surface area contributed by atoms with E-state index in [0.29, 0.717) is 24.7 Å². The summed E-state index contributed by atoms with van der Waals surface area (Å²) in [4.78, 5) is 25.5. The molecule has 0 fully saturated rings. The Bertz CT molecular complexity index is 732. The van der Waals surface area contributed by atoms with Gasteiger partial charge in [0.05, 0.1) is 12.8 Å². The number of hydrogen-bond donors (Lipinski definition) is 0. The molecule has 3 rings (SSSR count). The molecule has 1 aliphatic heterocycles. The van der Waals surface area contributed by atoms with Crippen molar-refractivity contribution < 1.29 is 9.53 Å². The summed E-state index contributed by atoms with van der Waals surface area (Å²) in [6.07, 6.45) is 2.44. The van der Waals surface area contributed by atoms with Crippen LogP contribution in [0.2, 0.25) is 0 Å². The van der Waals surface area contributed by atoms with Gasteiger partial charge in [-0.3, -0.25) is 9.78 Å². The summed E-state index contributed by atoms with van der Waals surface area (Å²) in [5, 5.41) is 0. The molecule has 0 aliphatic carbocycles. The Morgan fingerprint density at radius 1 is 1.30 bits per heavy atom. The zero-order valence-electron chi connectivity index (χ0n) is 13.6. The Balaban J connectivity index is 2.02. The van der Waals surface area contributed by atoms with E-state index in [4.69, 9.17) is 4.74 Å². The number of amides is 1. The number of methoxy groups -OCH3 is 1. The van der Waals surface area contributed by atoms with Crippen molar-refractivity contribution in [3.63, 3.8) is 0 Å². The van der Waals surface area contributed by atoms with Gasteiger partial charge in [0, 0.05) is 32.4 Å². The average molecular weight is 312 g/mol. The first kappa shape index (κ1) is 15.3. The maximum atomic E-state index is 13.0. The van der Waals surface area contributed by atoms with Gasteiger partial charge in [0.25, 0.3) is 5.91 Å². The lowest BCUT2D eigenvalue weighted by Gasteiger charge is -2.34. The minimum atomic E-state index is -0.0798. The smallest absolute Gasteiger partial charge is 0.277 e. The van der Waals surface area contributed by atoms with Gasteiger partial charge in [0.15, 0.2) is 5.82 Å². The molecular formula is C17H20N4O2. The van der Waals surface area contributed by atoms with Gasteiger partial charge in [-0.1, -0.05) is 13.0 Å². The van der Waals surface area contributed by atoms with Crippen LogP contribution < -0.4 is 14.5 Å². The van der Waals surface area contributed by atoms with E-state index < -0.39 is 0 Å². The largest absolute Gasteiger partial charge is 0.481 e. The summed E-state index contributed by atoms with van der Waals surface area (Å²) in [6.45, 7) is 3.35. The van der Waals surface area contributed by atoms with Crippen LogP contribution in [0.3, 0.4) is 0 Å². The molecular weight excluding hydrogens is 292 g/mol. The minimum absolute atomic E-state index is 0.0798. The average Bonchev–Trinajstić information content (AvgIpc) is 2.61. The maximum Gasteiger partial charge on any atom is 0.277 e. The van der Waals surface area contributed by atoms with E-state index in [-0.39, 0.29) is 5.91 Å². The van der Waals surface area contributed by atoms with E-state index in [1.54, 1.807) is 24.3 Å². The number of anilines is 2. The topological polar surface area (TPSA) is 58.6 Å². The molecule has 6 nitrogen and oxygen atoms in total. The first-order chi connectivity index (χ1) is 11.2. The number of ether oxygens (including phenoxy) is 1. The molecule has 23 heavy (non-hydrogen) atoms. The fourth-order valence-electron chi connectivity index (χ4n) is 2.76. The van der Waals surface area contributed by atoms with Gasteiger partial charge in [-0.05, 0) is 24.1 Å². The lowest BCUT2D eigenvalue weighted by molar-refractivity contribution is 0.0981. The van der Waals surface area contributed by atoms with Gasteiger partial charge in [-0.15, -0.1) is 0 Å². The van der Waals surface area contributed by atoms with Gasteiger partial charge in [-0.25, -0.2) is 0 Å². The van der Waals surface area contributed by atoms with Crippen LogP contribution in [0.1, 0.15) is 23.0 Å². The van der Waals surface area contributed by atoms with Crippen LogP contribution >= 0.6 is 0 Å². The highest BCUT2D eigenvalue weighted by molar-refractivity contribution is 6.07. The molecule has 1 amide bonds. The minimum Gasteiger partial charge on any atom is -0.481 e. The van der Waals surface area contributed by atoms with Crippen molar-refractivity contribution in [1.82, 2.24) is 9.97 Å². The van der Waals surface area contributed by atoms with Crippen LogP contribution in [0.5, 0.6) is 5.88 Å². The van der Waals surface area contributed by atoms with Crippen molar-refractivity contribution >= 4 is 17.4 Å². The van der Waals surface area contributed by atoms with E-state index in [9.17, 15) is 4.79 Å². The van der Waals surface area contributed by atoms with Crippen LogP contribution in [0.25, 0.3) is 0 Å². The molecule has 0 aromatic carbocycles. The van der Waals surface area contributed by atoms with Crippen molar-refractivity contribution in [3.8, 4) is 5.88 Å². The Labute approximate surface area is 135 Å². The maximum absolute atomic E-state index is 13.0. The van der Waals surface area contributed by atoms with E-state index >= 15 is 0 Å². The third kappa shape index (κ3) is 2.72. The lowest BCUT2D eigenvalue weighted by Crippen LogP contribution is -2.43. The second-order valence-electron chi connectivity index (χ2n) is 5.44. The van der Waals surface area contributed by atoms with Crippen molar-refractivity contribution in [3.05, 3.63) is 41.7 Å². The Morgan fingerprint density at radius 2 is 2.13 bits per heavy atom. The zero-order chi connectivity index (χ0) is 16.4. The van der Waals surface area contributed by atoms with E-state index in [2.05, 4.69) is 9.97 Å². The highest BCUT2D eigenvalue weighted by Crippen LogP contribution is 2.33. The predicted molar refractivity (Wildman–Crippen MR) is 89.4 cm³/mol. The van der Waals surface area contributed by atoms with E-state index in [1.807, 2.05) is 37.1 Å². The molecule has 0 radical (unpaired) electrons. The Hall–Kier alpha value is -2.63. The van der Waals surface area contributed by atoms with Crippen LogP contribution in [-0.4, -0.2) is 43.1 Å². The second-order valence-corrected chi connectivity index (χ2v) is 5.44. The molecule has 2 aromatic rings. The van der Waals surface area contributed by atoms with Crippen LogP contribution in [0.4, 0.5) is 11.5 Å². The molecule has 0 bridgehead atoms. The molecule has 0 saturated heterocycles. The molecule has 1 aliphatic rings. The summed E-state index contributed by atoms with van der Waals surface area (Å²) < 4.78 is 5.19. The van der Waals surface area contributed by atoms with Gasteiger partial charge in [0.1, 0.15) is 5.69 Å². The number of carbonyl (C=O) groups is 1. The predicted octanol–water partition coefficient (Wildman–Crippen LogP) is 2.14. The number of rotatable bonds is 3. The number of nitrogens with zero attached hydrogens (tertiary/aromatic N) is 4. The number of aryl methyl sites for hydroxylation is 1. The highest BCUT2D eigenvalue weighted by Gasteiger charge is 2.29. The quantitative estimate of drug-likeness (QED) is 0.869. The monoisotopic (exact) mass is 312 g/mol. The zero-order valence-corrected chi connectivity index (χ0v) is 13.6. The summed E-state index contributed by atoms with van der Waals surface area (Å²) in [6, 6.07) is 7.46. The van der Waals surface area contributed by atoms with Crippen LogP contribution in [0.15, 0.2) is 30.5 Å².